The highest BCUT2D eigenvalue weighted by Gasteiger charge is 2.07. The fourth-order valence-corrected chi connectivity index (χ4v) is 1.36. The second kappa shape index (κ2) is 6.67. The van der Waals surface area contributed by atoms with E-state index in [0.717, 1.165) is 0 Å². The van der Waals surface area contributed by atoms with Gasteiger partial charge in [-0.2, -0.15) is 0 Å². The predicted octanol–water partition coefficient (Wildman–Crippen LogP) is 1.71. The van der Waals surface area contributed by atoms with Gasteiger partial charge >= 0.3 is 0 Å². The summed E-state index contributed by atoms with van der Waals surface area (Å²) in [6.45, 7) is 0.461. The molecular weight excluding hydrogens is 216 g/mol. The van der Waals surface area contributed by atoms with Crippen LogP contribution in [0.25, 0.3) is 0 Å². The summed E-state index contributed by atoms with van der Waals surface area (Å²) in [5.41, 5.74) is 0. The average molecular weight is 231 g/mol. The summed E-state index contributed by atoms with van der Waals surface area (Å²) in [7, 11) is 0. The van der Waals surface area contributed by atoms with E-state index < -0.39 is 0 Å². The van der Waals surface area contributed by atoms with Crippen LogP contribution in [0.3, 0.4) is 0 Å². The number of halogens is 1. The number of hydrogen-bond acceptors (Lipinski definition) is 3. The summed E-state index contributed by atoms with van der Waals surface area (Å²) in [5, 5.41) is 18.3. The Balaban J connectivity index is 2.41. The van der Waals surface area contributed by atoms with Gasteiger partial charge in [-0.15, -0.1) is 0 Å². The average Bonchev–Trinajstić information content (AvgIpc) is 2.24. The van der Waals surface area contributed by atoms with E-state index in [1.807, 2.05) is 0 Å². The van der Waals surface area contributed by atoms with Crippen LogP contribution >= 0.6 is 11.6 Å². The normalized spacial score (nSPS) is 12.5. The van der Waals surface area contributed by atoms with Crippen LogP contribution in [-0.2, 0) is 0 Å². The minimum Gasteiger partial charge on any atom is -0.493 e. The van der Waals surface area contributed by atoms with Crippen molar-refractivity contribution in [2.75, 3.05) is 19.8 Å². The standard InChI is InChI=1S/C11H15ClO3/c12-10-2-1-3-11(6-10)15-8-9(7-14)4-5-13/h1-3,6,9,13-14H,4-5,7-8H2. The van der Waals surface area contributed by atoms with Crippen molar-refractivity contribution in [1.82, 2.24) is 0 Å². The fourth-order valence-electron chi connectivity index (χ4n) is 1.18. The number of aliphatic hydroxyl groups is 2. The predicted molar refractivity (Wildman–Crippen MR) is 59.2 cm³/mol. The smallest absolute Gasteiger partial charge is 0.120 e. The van der Waals surface area contributed by atoms with E-state index in [1.165, 1.54) is 0 Å². The highest BCUT2D eigenvalue weighted by molar-refractivity contribution is 6.30. The quantitative estimate of drug-likeness (QED) is 0.782. The largest absolute Gasteiger partial charge is 0.493 e. The van der Waals surface area contributed by atoms with Gasteiger partial charge in [-0.05, 0) is 24.6 Å². The molecule has 0 amide bonds. The molecule has 4 heteroatoms. The fraction of sp³-hybridized carbons (Fsp3) is 0.455. The van der Waals surface area contributed by atoms with Crippen LogP contribution in [0.2, 0.25) is 5.02 Å². The Kier molecular flexibility index (Phi) is 5.47. The first kappa shape index (κ1) is 12.3. The van der Waals surface area contributed by atoms with Crippen molar-refractivity contribution in [3.8, 4) is 5.75 Å². The first-order valence-electron chi connectivity index (χ1n) is 4.86. The molecule has 1 unspecified atom stereocenters. The van der Waals surface area contributed by atoms with Crippen molar-refractivity contribution in [2.24, 2.45) is 5.92 Å². The maximum atomic E-state index is 8.97. The van der Waals surface area contributed by atoms with Gasteiger partial charge in [0.05, 0.1) is 6.61 Å². The summed E-state index contributed by atoms with van der Waals surface area (Å²) in [6.07, 6.45) is 0.539. The van der Waals surface area contributed by atoms with Crippen LogP contribution in [-0.4, -0.2) is 30.0 Å². The van der Waals surface area contributed by atoms with E-state index in [2.05, 4.69) is 0 Å². The molecular formula is C11H15ClO3. The van der Waals surface area contributed by atoms with Gasteiger partial charge in [0.15, 0.2) is 0 Å². The molecule has 1 aromatic carbocycles. The summed E-state index contributed by atoms with van der Waals surface area (Å²) in [5.74, 6) is 0.646. The van der Waals surface area contributed by atoms with Crippen molar-refractivity contribution in [2.45, 2.75) is 6.42 Å². The Morgan fingerprint density at radius 1 is 1.33 bits per heavy atom. The molecule has 0 fully saturated rings. The number of benzene rings is 1. The van der Waals surface area contributed by atoms with Crippen LogP contribution in [0.15, 0.2) is 24.3 Å². The third kappa shape index (κ3) is 4.51. The summed E-state index contributed by atoms with van der Waals surface area (Å²) < 4.78 is 5.44. The maximum absolute atomic E-state index is 8.97. The highest BCUT2D eigenvalue weighted by Crippen LogP contribution is 2.18. The van der Waals surface area contributed by atoms with Crippen LogP contribution in [0.5, 0.6) is 5.75 Å². The molecule has 1 aromatic rings. The monoisotopic (exact) mass is 230 g/mol. The van der Waals surface area contributed by atoms with E-state index in [9.17, 15) is 0 Å². The number of ether oxygens (including phenoxy) is 1. The molecule has 2 N–H and O–H groups in total. The van der Waals surface area contributed by atoms with Gasteiger partial charge in [-0.1, -0.05) is 17.7 Å². The molecule has 0 radical (unpaired) electrons. The molecule has 0 aromatic heterocycles. The van der Waals surface area contributed by atoms with Crippen LogP contribution in [0.4, 0.5) is 0 Å². The lowest BCUT2D eigenvalue weighted by Gasteiger charge is -2.13. The summed E-state index contributed by atoms with van der Waals surface area (Å²) in [4.78, 5) is 0. The van der Waals surface area contributed by atoms with Crippen molar-refractivity contribution < 1.29 is 14.9 Å². The second-order valence-electron chi connectivity index (χ2n) is 3.33. The van der Waals surface area contributed by atoms with Crippen LogP contribution in [0.1, 0.15) is 6.42 Å². The summed E-state index contributed by atoms with van der Waals surface area (Å²) >= 11 is 5.79. The highest BCUT2D eigenvalue weighted by atomic mass is 35.5. The zero-order valence-corrected chi connectivity index (χ0v) is 9.15. The van der Waals surface area contributed by atoms with Gasteiger partial charge < -0.3 is 14.9 Å². The molecule has 0 saturated heterocycles. The molecule has 0 saturated carbocycles. The molecule has 0 spiro atoms. The van der Waals surface area contributed by atoms with E-state index >= 15 is 0 Å². The van der Waals surface area contributed by atoms with Gasteiger partial charge in [0.1, 0.15) is 5.75 Å². The number of hydrogen-bond donors (Lipinski definition) is 2. The third-order valence-corrected chi connectivity index (χ3v) is 2.31. The first-order chi connectivity index (χ1) is 7.26. The number of aliphatic hydroxyl groups excluding tert-OH is 2. The summed E-state index contributed by atoms with van der Waals surface area (Å²) in [6, 6.07) is 7.09. The molecule has 3 nitrogen and oxygen atoms in total. The number of rotatable bonds is 6. The topological polar surface area (TPSA) is 49.7 Å². The Morgan fingerprint density at radius 2 is 2.13 bits per heavy atom. The molecule has 1 rings (SSSR count). The van der Waals surface area contributed by atoms with Crippen LogP contribution in [0, 0.1) is 5.92 Å². The van der Waals surface area contributed by atoms with Crippen molar-refractivity contribution in [3.63, 3.8) is 0 Å². The lowest BCUT2D eigenvalue weighted by molar-refractivity contribution is 0.134. The van der Waals surface area contributed by atoms with Gasteiger partial charge in [0.25, 0.3) is 0 Å². The van der Waals surface area contributed by atoms with Gasteiger partial charge in [0, 0.05) is 24.2 Å². The SMILES string of the molecule is OCCC(CO)COc1cccc(Cl)c1. The second-order valence-corrected chi connectivity index (χ2v) is 3.77. The van der Waals surface area contributed by atoms with Gasteiger partial charge in [0.2, 0.25) is 0 Å². The van der Waals surface area contributed by atoms with E-state index in [-0.39, 0.29) is 19.1 Å². The van der Waals surface area contributed by atoms with E-state index in [1.54, 1.807) is 24.3 Å². The lowest BCUT2D eigenvalue weighted by atomic mass is 10.1. The molecule has 15 heavy (non-hydrogen) atoms. The Labute approximate surface area is 94.3 Å². The molecule has 1 atom stereocenters. The molecule has 0 bridgehead atoms. The first-order valence-corrected chi connectivity index (χ1v) is 5.24. The molecule has 0 aliphatic rings. The van der Waals surface area contributed by atoms with Crippen molar-refractivity contribution >= 4 is 11.6 Å². The third-order valence-electron chi connectivity index (χ3n) is 2.08. The van der Waals surface area contributed by atoms with Crippen LogP contribution < -0.4 is 4.74 Å². The minimum absolute atomic E-state index is 0.0150. The van der Waals surface area contributed by atoms with E-state index in [4.69, 9.17) is 26.6 Å². The Morgan fingerprint density at radius 3 is 2.73 bits per heavy atom. The zero-order chi connectivity index (χ0) is 11.1. The molecule has 84 valence electrons. The van der Waals surface area contributed by atoms with Crippen molar-refractivity contribution in [3.05, 3.63) is 29.3 Å². The maximum Gasteiger partial charge on any atom is 0.120 e. The zero-order valence-electron chi connectivity index (χ0n) is 8.40. The van der Waals surface area contributed by atoms with Gasteiger partial charge in [-0.25, -0.2) is 0 Å². The van der Waals surface area contributed by atoms with Crippen molar-refractivity contribution in [1.29, 1.82) is 0 Å². The molecule has 0 heterocycles. The molecule has 0 aliphatic heterocycles. The lowest BCUT2D eigenvalue weighted by Crippen LogP contribution is -2.17. The molecule has 0 aliphatic carbocycles. The Bertz CT molecular complexity index is 291. The Hall–Kier alpha value is -0.770. The van der Waals surface area contributed by atoms with Gasteiger partial charge in [-0.3, -0.25) is 0 Å². The van der Waals surface area contributed by atoms with E-state index in [0.29, 0.717) is 23.8 Å². The minimum atomic E-state index is -0.0334.